The zero-order valence-electron chi connectivity index (χ0n) is 11.6. The lowest BCUT2D eigenvalue weighted by Gasteiger charge is -2.38. The second-order valence-corrected chi connectivity index (χ2v) is 6.42. The molecular formula is C15H29NO. The summed E-state index contributed by atoms with van der Waals surface area (Å²) in [6, 6.07) is 0. The zero-order chi connectivity index (χ0) is 12.3. The van der Waals surface area contributed by atoms with Crippen LogP contribution in [0.4, 0.5) is 0 Å². The van der Waals surface area contributed by atoms with E-state index in [9.17, 15) is 5.11 Å². The fourth-order valence-electron chi connectivity index (χ4n) is 3.66. The van der Waals surface area contributed by atoms with Crippen LogP contribution in [0, 0.1) is 17.8 Å². The number of hydrogen-bond donors (Lipinski definition) is 1. The molecule has 0 amide bonds. The molecule has 1 saturated carbocycles. The Morgan fingerprint density at radius 1 is 1.24 bits per heavy atom. The van der Waals surface area contributed by atoms with E-state index in [0.717, 1.165) is 24.8 Å². The lowest BCUT2D eigenvalue weighted by atomic mass is 9.79. The molecule has 2 fully saturated rings. The minimum absolute atomic E-state index is 0.0341. The van der Waals surface area contributed by atoms with Crippen molar-refractivity contribution in [2.75, 3.05) is 19.6 Å². The third-order valence-electron chi connectivity index (χ3n) is 4.88. The second-order valence-electron chi connectivity index (χ2n) is 6.42. The maximum atomic E-state index is 10.1. The molecule has 1 saturated heterocycles. The lowest BCUT2D eigenvalue weighted by molar-refractivity contribution is 0.0217. The highest BCUT2D eigenvalue weighted by Crippen LogP contribution is 2.30. The van der Waals surface area contributed by atoms with Gasteiger partial charge in [-0.25, -0.2) is 0 Å². The van der Waals surface area contributed by atoms with Crippen molar-refractivity contribution in [2.45, 2.75) is 58.5 Å². The number of likely N-dealkylation sites (tertiary alicyclic amines) is 1. The minimum Gasteiger partial charge on any atom is -0.393 e. The molecule has 1 aliphatic carbocycles. The summed E-state index contributed by atoms with van der Waals surface area (Å²) in [5.41, 5.74) is 0. The quantitative estimate of drug-likeness (QED) is 0.818. The topological polar surface area (TPSA) is 23.5 Å². The molecule has 2 nitrogen and oxygen atoms in total. The number of nitrogens with zero attached hydrogens (tertiary/aromatic N) is 1. The van der Waals surface area contributed by atoms with Gasteiger partial charge in [0.15, 0.2) is 0 Å². The molecule has 0 aromatic heterocycles. The van der Waals surface area contributed by atoms with Crippen LogP contribution in [0.2, 0.25) is 0 Å². The van der Waals surface area contributed by atoms with E-state index in [2.05, 4.69) is 18.7 Å². The van der Waals surface area contributed by atoms with Crippen LogP contribution in [0.1, 0.15) is 52.4 Å². The fourth-order valence-corrected chi connectivity index (χ4v) is 3.66. The van der Waals surface area contributed by atoms with Gasteiger partial charge in [-0.2, -0.15) is 0 Å². The predicted octanol–water partition coefficient (Wildman–Crippen LogP) is 2.91. The maximum absolute atomic E-state index is 10.1. The lowest BCUT2D eigenvalue weighted by Crippen LogP contribution is -2.43. The first-order valence-electron chi connectivity index (χ1n) is 7.59. The van der Waals surface area contributed by atoms with Gasteiger partial charge in [0, 0.05) is 13.1 Å². The summed E-state index contributed by atoms with van der Waals surface area (Å²) >= 11 is 0. The standard InChI is InChI=1S/C15H29NO/c1-3-13-5-4-8-16(10-13)11-14-9-12(2)6-7-15(14)17/h12-15,17H,3-11H2,1-2H3. The summed E-state index contributed by atoms with van der Waals surface area (Å²) in [5, 5.41) is 10.1. The summed E-state index contributed by atoms with van der Waals surface area (Å²) in [7, 11) is 0. The first kappa shape index (κ1) is 13.4. The van der Waals surface area contributed by atoms with Gasteiger partial charge in [0.2, 0.25) is 0 Å². The Hall–Kier alpha value is -0.0800. The maximum Gasteiger partial charge on any atom is 0.0580 e. The Morgan fingerprint density at radius 2 is 2.06 bits per heavy atom. The molecule has 17 heavy (non-hydrogen) atoms. The Labute approximate surface area is 106 Å². The molecule has 2 heteroatoms. The number of piperidine rings is 1. The molecule has 1 N–H and O–H groups in total. The van der Waals surface area contributed by atoms with Crippen molar-refractivity contribution in [3.8, 4) is 0 Å². The molecule has 4 atom stereocenters. The van der Waals surface area contributed by atoms with E-state index in [1.54, 1.807) is 0 Å². The normalized spacial score (nSPS) is 40.4. The van der Waals surface area contributed by atoms with Crippen molar-refractivity contribution in [1.82, 2.24) is 4.90 Å². The summed E-state index contributed by atoms with van der Waals surface area (Å²) < 4.78 is 0. The van der Waals surface area contributed by atoms with Crippen LogP contribution in [-0.2, 0) is 0 Å². The predicted molar refractivity (Wildman–Crippen MR) is 72.0 cm³/mol. The number of aliphatic hydroxyl groups is 1. The molecule has 0 aromatic carbocycles. The molecular weight excluding hydrogens is 210 g/mol. The van der Waals surface area contributed by atoms with E-state index < -0.39 is 0 Å². The van der Waals surface area contributed by atoms with Crippen molar-refractivity contribution < 1.29 is 5.11 Å². The summed E-state index contributed by atoms with van der Waals surface area (Å²) in [4.78, 5) is 2.61. The molecule has 0 aromatic rings. The Balaban J connectivity index is 1.82. The van der Waals surface area contributed by atoms with Gasteiger partial charge >= 0.3 is 0 Å². The van der Waals surface area contributed by atoms with Crippen LogP contribution in [0.25, 0.3) is 0 Å². The van der Waals surface area contributed by atoms with E-state index in [1.165, 1.54) is 45.2 Å². The molecule has 0 spiro atoms. The third-order valence-corrected chi connectivity index (χ3v) is 4.88. The SMILES string of the molecule is CCC1CCCN(CC2CC(C)CCC2O)C1. The summed E-state index contributed by atoms with van der Waals surface area (Å²) in [6.07, 6.45) is 7.53. The van der Waals surface area contributed by atoms with Crippen LogP contribution in [0.15, 0.2) is 0 Å². The highest BCUT2D eigenvalue weighted by molar-refractivity contribution is 4.82. The van der Waals surface area contributed by atoms with Gasteiger partial charge in [0.1, 0.15) is 0 Å². The molecule has 0 radical (unpaired) electrons. The highest BCUT2D eigenvalue weighted by Gasteiger charge is 2.29. The number of rotatable bonds is 3. The molecule has 2 rings (SSSR count). The molecule has 100 valence electrons. The van der Waals surface area contributed by atoms with Gasteiger partial charge in [-0.3, -0.25) is 0 Å². The van der Waals surface area contributed by atoms with Gasteiger partial charge in [-0.1, -0.05) is 20.3 Å². The summed E-state index contributed by atoms with van der Waals surface area (Å²) in [6.45, 7) is 8.32. The van der Waals surface area contributed by atoms with E-state index >= 15 is 0 Å². The number of hydrogen-bond acceptors (Lipinski definition) is 2. The van der Waals surface area contributed by atoms with Gasteiger partial charge < -0.3 is 10.0 Å². The van der Waals surface area contributed by atoms with Gasteiger partial charge in [-0.05, 0) is 56.4 Å². The van der Waals surface area contributed by atoms with Crippen molar-refractivity contribution in [3.63, 3.8) is 0 Å². The average molecular weight is 239 g/mol. The second kappa shape index (κ2) is 6.19. The van der Waals surface area contributed by atoms with Gasteiger partial charge in [-0.15, -0.1) is 0 Å². The van der Waals surface area contributed by atoms with E-state index in [1.807, 2.05) is 0 Å². The van der Waals surface area contributed by atoms with Crippen LogP contribution < -0.4 is 0 Å². The van der Waals surface area contributed by atoms with Crippen molar-refractivity contribution in [3.05, 3.63) is 0 Å². The van der Waals surface area contributed by atoms with E-state index in [-0.39, 0.29) is 6.10 Å². The van der Waals surface area contributed by atoms with Gasteiger partial charge in [0.05, 0.1) is 6.10 Å². The molecule has 1 aliphatic heterocycles. The van der Waals surface area contributed by atoms with Crippen LogP contribution in [0.3, 0.4) is 0 Å². The van der Waals surface area contributed by atoms with Crippen LogP contribution in [0.5, 0.6) is 0 Å². The average Bonchev–Trinajstić information content (AvgIpc) is 2.34. The van der Waals surface area contributed by atoms with Crippen molar-refractivity contribution in [2.24, 2.45) is 17.8 Å². The Bertz CT molecular complexity index is 231. The molecule has 2 aliphatic rings. The third kappa shape index (κ3) is 3.69. The molecule has 0 bridgehead atoms. The molecule has 4 unspecified atom stereocenters. The van der Waals surface area contributed by atoms with Crippen LogP contribution >= 0.6 is 0 Å². The van der Waals surface area contributed by atoms with Gasteiger partial charge in [0.25, 0.3) is 0 Å². The highest BCUT2D eigenvalue weighted by atomic mass is 16.3. The smallest absolute Gasteiger partial charge is 0.0580 e. The van der Waals surface area contributed by atoms with Crippen molar-refractivity contribution in [1.29, 1.82) is 0 Å². The monoisotopic (exact) mass is 239 g/mol. The van der Waals surface area contributed by atoms with E-state index in [0.29, 0.717) is 5.92 Å². The van der Waals surface area contributed by atoms with Crippen molar-refractivity contribution >= 4 is 0 Å². The van der Waals surface area contributed by atoms with Crippen LogP contribution in [-0.4, -0.2) is 35.7 Å². The molecule has 1 heterocycles. The first-order valence-corrected chi connectivity index (χ1v) is 7.59. The minimum atomic E-state index is -0.0341. The Morgan fingerprint density at radius 3 is 2.82 bits per heavy atom. The first-order chi connectivity index (χ1) is 8.19. The Kier molecular flexibility index (Phi) is 4.87. The zero-order valence-corrected chi connectivity index (χ0v) is 11.6. The fraction of sp³-hybridized carbons (Fsp3) is 1.00. The van der Waals surface area contributed by atoms with E-state index in [4.69, 9.17) is 0 Å². The number of aliphatic hydroxyl groups excluding tert-OH is 1. The largest absolute Gasteiger partial charge is 0.393 e. The summed E-state index contributed by atoms with van der Waals surface area (Å²) in [5.74, 6) is 2.26.